The molecule has 2 aromatic carbocycles. The third kappa shape index (κ3) is 3.19. The maximum absolute atomic E-state index is 13.0. The fourth-order valence-corrected chi connectivity index (χ4v) is 4.26. The molecule has 0 saturated carbocycles. The molecule has 0 spiro atoms. The van der Waals surface area contributed by atoms with Crippen LogP contribution in [0.2, 0.25) is 0 Å². The van der Waals surface area contributed by atoms with Crippen molar-refractivity contribution in [1.82, 2.24) is 0 Å². The highest BCUT2D eigenvalue weighted by Gasteiger charge is 2.25. The highest BCUT2D eigenvalue weighted by molar-refractivity contribution is 7.92. The van der Waals surface area contributed by atoms with Gasteiger partial charge in [-0.3, -0.25) is 4.31 Å². The van der Waals surface area contributed by atoms with Gasteiger partial charge in [-0.25, -0.2) is 8.42 Å². The number of anilines is 1. The molecule has 0 aromatic heterocycles. The van der Waals surface area contributed by atoms with Crippen LogP contribution >= 0.6 is 0 Å². The molecule has 2 aromatic rings. The summed E-state index contributed by atoms with van der Waals surface area (Å²) >= 11 is 0. The minimum absolute atomic E-state index is 0.155. The van der Waals surface area contributed by atoms with Gasteiger partial charge >= 0.3 is 0 Å². The first-order chi connectivity index (χ1) is 11.2. The largest absolute Gasteiger partial charge is 0.493 e. The van der Waals surface area contributed by atoms with Crippen LogP contribution in [0.25, 0.3) is 0 Å². The molecule has 0 aliphatic carbocycles. The molecular weight excluding hydrogens is 326 g/mol. The molecule has 24 heavy (non-hydrogen) atoms. The summed E-state index contributed by atoms with van der Waals surface area (Å²) in [5, 5.41) is 0. The summed E-state index contributed by atoms with van der Waals surface area (Å²) < 4.78 is 37.7. The third-order valence-electron chi connectivity index (χ3n) is 3.96. The number of hydrogen-bond acceptors (Lipinski definition) is 4. The first kappa shape index (κ1) is 18.1. The molecule has 0 bridgehead atoms. The zero-order valence-corrected chi connectivity index (χ0v) is 15.7. The lowest BCUT2D eigenvalue weighted by atomic mass is 10.1. The molecular formula is C18H23NO4S. The molecule has 6 heteroatoms. The van der Waals surface area contributed by atoms with Gasteiger partial charge in [-0.05, 0) is 44.0 Å². The van der Waals surface area contributed by atoms with Gasteiger partial charge in [-0.2, -0.15) is 0 Å². The van der Waals surface area contributed by atoms with Gasteiger partial charge in [0.25, 0.3) is 10.0 Å². The van der Waals surface area contributed by atoms with E-state index in [9.17, 15) is 8.42 Å². The van der Waals surface area contributed by atoms with Crippen molar-refractivity contribution in [3.63, 3.8) is 0 Å². The van der Waals surface area contributed by atoms with Crippen LogP contribution in [-0.4, -0.2) is 29.7 Å². The van der Waals surface area contributed by atoms with Crippen LogP contribution in [0, 0.1) is 20.8 Å². The predicted octanol–water partition coefficient (Wildman–Crippen LogP) is 3.45. The van der Waals surface area contributed by atoms with Crippen molar-refractivity contribution >= 4 is 15.7 Å². The van der Waals surface area contributed by atoms with Gasteiger partial charge in [0.15, 0.2) is 11.5 Å². The maximum atomic E-state index is 13.0. The molecule has 0 radical (unpaired) electrons. The number of benzene rings is 2. The molecule has 5 nitrogen and oxygen atoms in total. The van der Waals surface area contributed by atoms with Crippen molar-refractivity contribution in [2.24, 2.45) is 0 Å². The van der Waals surface area contributed by atoms with Crippen LogP contribution in [0.4, 0.5) is 5.69 Å². The maximum Gasteiger partial charge on any atom is 0.264 e. The molecule has 0 aliphatic rings. The average Bonchev–Trinajstić information content (AvgIpc) is 2.52. The summed E-state index contributed by atoms with van der Waals surface area (Å²) in [5.74, 6) is 0.867. The summed E-state index contributed by atoms with van der Waals surface area (Å²) in [6, 6.07) is 8.54. The fraction of sp³-hybridized carbons (Fsp3) is 0.333. The number of sulfonamides is 1. The molecule has 0 saturated heterocycles. The summed E-state index contributed by atoms with van der Waals surface area (Å²) in [6.45, 7) is 5.82. The molecule has 0 heterocycles. The van der Waals surface area contributed by atoms with Crippen molar-refractivity contribution in [3.05, 3.63) is 47.0 Å². The number of aryl methyl sites for hydroxylation is 3. The summed E-state index contributed by atoms with van der Waals surface area (Å²) in [4.78, 5) is 0.155. The monoisotopic (exact) mass is 349 g/mol. The van der Waals surface area contributed by atoms with E-state index in [-0.39, 0.29) is 4.90 Å². The Morgan fingerprint density at radius 3 is 1.92 bits per heavy atom. The number of rotatable bonds is 5. The first-order valence-electron chi connectivity index (χ1n) is 7.51. The number of ether oxygens (including phenoxy) is 2. The van der Waals surface area contributed by atoms with E-state index in [2.05, 4.69) is 0 Å². The molecule has 0 amide bonds. The number of nitrogens with zero attached hydrogens (tertiary/aromatic N) is 1. The van der Waals surface area contributed by atoms with Gasteiger partial charge in [-0.15, -0.1) is 0 Å². The number of methoxy groups -OCH3 is 2. The lowest BCUT2D eigenvalue weighted by Gasteiger charge is -2.24. The quantitative estimate of drug-likeness (QED) is 0.829. The SMILES string of the molecule is COc1ccc(S(=O)(=O)N(C)c2c(C)cc(C)cc2C)cc1OC. The molecule has 0 aliphatic heterocycles. The number of hydrogen-bond donors (Lipinski definition) is 0. The van der Waals surface area contributed by atoms with Crippen molar-refractivity contribution in [2.45, 2.75) is 25.7 Å². The molecule has 0 fully saturated rings. The van der Waals surface area contributed by atoms with E-state index in [1.54, 1.807) is 13.1 Å². The van der Waals surface area contributed by atoms with Gasteiger partial charge in [-0.1, -0.05) is 17.7 Å². The Hall–Kier alpha value is -2.21. The summed E-state index contributed by atoms with van der Waals surface area (Å²) in [7, 11) is 0.846. The second-order valence-corrected chi connectivity index (χ2v) is 7.71. The van der Waals surface area contributed by atoms with Crippen LogP contribution in [-0.2, 0) is 10.0 Å². The first-order valence-corrected chi connectivity index (χ1v) is 8.95. The van der Waals surface area contributed by atoms with Crippen LogP contribution in [0.1, 0.15) is 16.7 Å². The van der Waals surface area contributed by atoms with Crippen molar-refractivity contribution < 1.29 is 17.9 Å². The smallest absolute Gasteiger partial charge is 0.264 e. The second-order valence-electron chi connectivity index (χ2n) is 5.74. The summed E-state index contributed by atoms with van der Waals surface area (Å²) in [6.07, 6.45) is 0. The van der Waals surface area contributed by atoms with E-state index in [4.69, 9.17) is 9.47 Å². The molecule has 0 N–H and O–H groups in total. The standard InChI is InChI=1S/C18H23NO4S/c1-12-9-13(2)18(14(3)10-12)19(4)24(20,21)15-7-8-16(22-5)17(11-15)23-6/h7-11H,1-6H3. The zero-order chi connectivity index (χ0) is 18.1. The Morgan fingerprint density at radius 2 is 1.42 bits per heavy atom. The van der Waals surface area contributed by atoms with Gasteiger partial charge in [0, 0.05) is 13.1 Å². The van der Waals surface area contributed by atoms with E-state index >= 15 is 0 Å². The Labute approximate surface area is 143 Å². The van der Waals surface area contributed by atoms with E-state index in [1.807, 2.05) is 32.9 Å². The van der Waals surface area contributed by atoms with Crippen LogP contribution in [0.3, 0.4) is 0 Å². The van der Waals surface area contributed by atoms with Gasteiger partial charge in [0.1, 0.15) is 0 Å². The van der Waals surface area contributed by atoms with E-state index in [0.717, 1.165) is 16.7 Å². The van der Waals surface area contributed by atoms with Crippen molar-refractivity contribution in [1.29, 1.82) is 0 Å². The van der Waals surface area contributed by atoms with Gasteiger partial charge in [0.2, 0.25) is 0 Å². The minimum atomic E-state index is -3.71. The second kappa shape index (κ2) is 6.73. The topological polar surface area (TPSA) is 55.8 Å². The third-order valence-corrected chi connectivity index (χ3v) is 5.72. The highest BCUT2D eigenvalue weighted by Crippen LogP contribution is 2.33. The van der Waals surface area contributed by atoms with Crippen LogP contribution in [0.15, 0.2) is 35.2 Å². The Balaban J connectivity index is 2.55. The average molecular weight is 349 g/mol. The molecule has 130 valence electrons. The minimum Gasteiger partial charge on any atom is -0.493 e. The highest BCUT2D eigenvalue weighted by atomic mass is 32.2. The van der Waals surface area contributed by atoms with Crippen LogP contribution in [0.5, 0.6) is 11.5 Å². The lowest BCUT2D eigenvalue weighted by molar-refractivity contribution is 0.354. The molecule has 0 atom stereocenters. The normalized spacial score (nSPS) is 11.2. The fourth-order valence-electron chi connectivity index (χ4n) is 2.92. The van der Waals surface area contributed by atoms with Gasteiger partial charge < -0.3 is 9.47 Å². The lowest BCUT2D eigenvalue weighted by Crippen LogP contribution is -2.28. The van der Waals surface area contributed by atoms with Gasteiger partial charge in [0.05, 0.1) is 24.8 Å². The molecule has 2 rings (SSSR count). The zero-order valence-electron chi connectivity index (χ0n) is 14.9. The molecule has 0 unspecified atom stereocenters. The van der Waals surface area contributed by atoms with Crippen molar-refractivity contribution in [2.75, 3.05) is 25.6 Å². The summed E-state index contributed by atoms with van der Waals surface area (Å²) in [5.41, 5.74) is 3.62. The van der Waals surface area contributed by atoms with E-state index in [1.165, 1.54) is 30.7 Å². The van der Waals surface area contributed by atoms with E-state index < -0.39 is 10.0 Å². The Morgan fingerprint density at radius 1 is 0.875 bits per heavy atom. The predicted molar refractivity (Wildman–Crippen MR) is 95.8 cm³/mol. The van der Waals surface area contributed by atoms with Crippen LogP contribution < -0.4 is 13.8 Å². The van der Waals surface area contributed by atoms with E-state index in [0.29, 0.717) is 17.2 Å². The van der Waals surface area contributed by atoms with Crippen molar-refractivity contribution in [3.8, 4) is 11.5 Å². The Bertz CT molecular complexity index is 836. The Kier molecular flexibility index (Phi) is 5.08.